The summed E-state index contributed by atoms with van der Waals surface area (Å²) in [6.45, 7) is 7.92. The van der Waals surface area contributed by atoms with Crippen molar-refractivity contribution in [2.45, 2.75) is 32.5 Å². The zero-order valence-corrected chi connectivity index (χ0v) is 8.95. The molecule has 0 saturated carbocycles. The zero-order valence-electron chi connectivity index (χ0n) is 8.95. The summed E-state index contributed by atoms with van der Waals surface area (Å²) in [5.74, 6) is 0.544. The van der Waals surface area contributed by atoms with Crippen molar-refractivity contribution in [3.05, 3.63) is 0 Å². The Bertz CT molecular complexity index is 234. The van der Waals surface area contributed by atoms with Crippen LogP contribution in [0.15, 0.2) is 0 Å². The largest absolute Gasteiger partial charge is 0.444 e. The highest BCUT2D eigenvalue weighted by Crippen LogP contribution is 2.29. The highest BCUT2D eigenvalue weighted by atomic mass is 16.6. The van der Waals surface area contributed by atoms with E-state index in [1.165, 1.54) is 0 Å². The molecule has 14 heavy (non-hydrogen) atoms. The van der Waals surface area contributed by atoms with Crippen molar-refractivity contribution in [2.24, 2.45) is 5.92 Å². The quantitative estimate of drug-likeness (QED) is 0.589. The molecule has 0 aromatic rings. The van der Waals surface area contributed by atoms with Crippen LogP contribution < -0.4 is 0 Å². The fraction of sp³-hybridized carbons (Fsp3) is 0.900. The van der Waals surface area contributed by atoms with E-state index < -0.39 is 5.60 Å². The first kappa shape index (κ1) is 9.77. The molecule has 2 saturated heterocycles. The van der Waals surface area contributed by atoms with E-state index in [4.69, 9.17) is 9.47 Å². The van der Waals surface area contributed by atoms with E-state index in [0.717, 1.165) is 13.2 Å². The molecule has 2 aliphatic rings. The minimum Gasteiger partial charge on any atom is -0.444 e. The summed E-state index contributed by atoms with van der Waals surface area (Å²) >= 11 is 0. The Hall–Kier alpha value is -0.770. The lowest BCUT2D eigenvalue weighted by molar-refractivity contribution is -0.0831. The number of rotatable bonds is 0. The number of likely N-dealkylation sites (tertiary alicyclic amines) is 1. The van der Waals surface area contributed by atoms with Crippen LogP contribution in [0, 0.1) is 5.92 Å². The normalized spacial score (nSPS) is 30.9. The Kier molecular flexibility index (Phi) is 2.18. The van der Waals surface area contributed by atoms with Crippen LogP contribution in [-0.2, 0) is 9.47 Å². The highest BCUT2D eigenvalue weighted by Gasteiger charge is 2.43. The molecule has 4 nitrogen and oxygen atoms in total. The summed E-state index contributed by atoms with van der Waals surface area (Å²) in [7, 11) is 0. The van der Waals surface area contributed by atoms with E-state index in [0.29, 0.717) is 12.5 Å². The fourth-order valence-corrected chi connectivity index (χ4v) is 1.79. The number of amides is 1. The molecule has 2 atom stereocenters. The van der Waals surface area contributed by atoms with Crippen molar-refractivity contribution < 1.29 is 14.3 Å². The van der Waals surface area contributed by atoms with Gasteiger partial charge in [-0.3, -0.25) is 0 Å². The maximum absolute atomic E-state index is 11.6. The van der Waals surface area contributed by atoms with Gasteiger partial charge in [0, 0.05) is 12.5 Å². The molecule has 0 bridgehead atoms. The lowest BCUT2D eigenvalue weighted by atomic mass is 10.0. The molecular formula is C10H17NO3. The van der Waals surface area contributed by atoms with Crippen LogP contribution in [0.1, 0.15) is 20.8 Å². The predicted molar refractivity (Wildman–Crippen MR) is 51.0 cm³/mol. The SMILES string of the molecule is CC(C)(C)OC(=O)N1C[C@H]2CO[C@H]2C1. The van der Waals surface area contributed by atoms with Gasteiger partial charge in [0.25, 0.3) is 0 Å². The number of carbonyl (C=O) groups is 1. The average molecular weight is 199 g/mol. The average Bonchev–Trinajstić information content (AvgIpc) is 2.24. The van der Waals surface area contributed by atoms with Gasteiger partial charge < -0.3 is 14.4 Å². The van der Waals surface area contributed by atoms with Crippen molar-refractivity contribution in [1.82, 2.24) is 4.90 Å². The standard InChI is InChI=1S/C10H17NO3/c1-10(2,3)14-9(12)11-4-7-6-13-8(7)5-11/h7-8H,4-6H2,1-3H3/t7-,8-/m0/s1. The monoisotopic (exact) mass is 199 g/mol. The number of hydrogen-bond donors (Lipinski definition) is 0. The maximum atomic E-state index is 11.6. The van der Waals surface area contributed by atoms with Crippen molar-refractivity contribution in [2.75, 3.05) is 19.7 Å². The van der Waals surface area contributed by atoms with Gasteiger partial charge in [-0.1, -0.05) is 0 Å². The van der Waals surface area contributed by atoms with Gasteiger partial charge in [-0.2, -0.15) is 0 Å². The van der Waals surface area contributed by atoms with E-state index in [-0.39, 0.29) is 12.2 Å². The Balaban J connectivity index is 1.87. The van der Waals surface area contributed by atoms with Gasteiger partial charge in [-0.05, 0) is 20.8 Å². The van der Waals surface area contributed by atoms with Crippen LogP contribution >= 0.6 is 0 Å². The number of ether oxygens (including phenoxy) is 2. The van der Waals surface area contributed by atoms with Gasteiger partial charge >= 0.3 is 6.09 Å². The maximum Gasteiger partial charge on any atom is 0.410 e. The van der Waals surface area contributed by atoms with E-state index in [1.54, 1.807) is 4.90 Å². The number of carbonyl (C=O) groups excluding carboxylic acids is 1. The van der Waals surface area contributed by atoms with Gasteiger partial charge in [-0.25, -0.2) is 4.79 Å². The second kappa shape index (κ2) is 3.12. The molecule has 4 heteroatoms. The Labute approximate surface area is 84.2 Å². The van der Waals surface area contributed by atoms with E-state index >= 15 is 0 Å². The van der Waals surface area contributed by atoms with Gasteiger partial charge in [0.1, 0.15) is 5.60 Å². The second-order valence-corrected chi connectivity index (χ2v) is 5.02. The molecular weight excluding hydrogens is 182 g/mol. The van der Waals surface area contributed by atoms with Crippen LogP contribution in [0.2, 0.25) is 0 Å². The van der Waals surface area contributed by atoms with Gasteiger partial charge in [-0.15, -0.1) is 0 Å². The summed E-state index contributed by atoms with van der Waals surface area (Å²) in [6.07, 6.45) is 0.0537. The van der Waals surface area contributed by atoms with Crippen LogP contribution in [-0.4, -0.2) is 42.4 Å². The molecule has 0 aromatic carbocycles. The van der Waals surface area contributed by atoms with Crippen LogP contribution in [0.4, 0.5) is 4.79 Å². The van der Waals surface area contributed by atoms with E-state index in [2.05, 4.69) is 0 Å². The molecule has 2 fully saturated rings. The Morgan fingerprint density at radius 3 is 2.50 bits per heavy atom. The second-order valence-electron chi connectivity index (χ2n) is 5.02. The lowest BCUT2D eigenvalue weighted by Gasteiger charge is -2.28. The summed E-state index contributed by atoms with van der Waals surface area (Å²) in [6, 6.07) is 0. The van der Waals surface area contributed by atoms with E-state index in [1.807, 2.05) is 20.8 Å². The number of nitrogens with zero attached hydrogens (tertiary/aromatic N) is 1. The predicted octanol–water partition coefficient (Wildman–Crippen LogP) is 1.25. The number of fused-ring (bicyclic) bond motifs is 1. The van der Waals surface area contributed by atoms with Crippen LogP contribution in [0.3, 0.4) is 0 Å². The molecule has 2 aliphatic heterocycles. The molecule has 1 amide bonds. The van der Waals surface area contributed by atoms with Crippen LogP contribution in [0.25, 0.3) is 0 Å². The third-order valence-corrected chi connectivity index (χ3v) is 2.56. The van der Waals surface area contributed by atoms with Gasteiger partial charge in [0.05, 0.1) is 19.3 Å². The highest BCUT2D eigenvalue weighted by molar-refractivity contribution is 5.68. The van der Waals surface area contributed by atoms with Crippen molar-refractivity contribution in [3.8, 4) is 0 Å². The summed E-state index contributed by atoms with van der Waals surface area (Å²) in [5.41, 5.74) is -0.403. The first-order valence-corrected chi connectivity index (χ1v) is 5.05. The Morgan fingerprint density at radius 1 is 1.43 bits per heavy atom. The molecule has 0 radical (unpaired) electrons. The molecule has 2 rings (SSSR count). The molecule has 0 spiro atoms. The van der Waals surface area contributed by atoms with Crippen LogP contribution in [0.5, 0.6) is 0 Å². The topological polar surface area (TPSA) is 38.8 Å². The Morgan fingerprint density at radius 2 is 2.14 bits per heavy atom. The first-order valence-electron chi connectivity index (χ1n) is 5.05. The molecule has 2 heterocycles. The van der Waals surface area contributed by atoms with E-state index in [9.17, 15) is 4.79 Å². The zero-order chi connectivity index (χ0) is 10.3. The minimum absolute atomic E-state index is 0.212. The molecule has 0 aromatic heterocycles. The summed E-state index contributed by atoms with van der Waals surface area (Å²) < 4.78 is 10.6. The lowest BCUT2D eigenvalue weighted by Crippen LogP contribution is -2.38. The molecule has 0 unspecified atom stereocenters. The molecule has 0 N–H and O–H groups in total. The van der Waals surface area contributed by atoms with Crippen molar-refractivity contribution in [3.63, 3.8) is 0 Å². The van der Waals surface area contributed by atoms with Crippen molar-refractivity contribution >= 4 is 6.09 Å². The third kappa shape index (κ3) is 1.85. The fourth-order valence-electron chi connectivity index (χ4n) is 1.79. The number of hydrogen-bond acceptors (Lipinski definition) is 3. The van der Waals surface area contributed by atoms with Gasteiger partial charge in [0.2, 0.25) is 0 Å². The molecule has 0 aliphatic carbocycles. The molecule has 80 valence electrons. The minimum atomic E-state index is -0.403. The third-order valence-electron chi connectivity index (χ3n) is 2.56. The van der Waals surface area contributed by atoms with Crippen molar-refractivity contribution in [1.29, 1.82) is 0 Å². The first-order chi connectivity index (χ1) is 6.46. The smallest absolute Gasteiger partial charge is 0.410 e. The van der Waals surface area contributed by atoms with Gasteiger partial charge in [0.15, 0.2) is 0 Å². The summed E-state index contributed by atoms with van der Waals surface area (Å²) in [5, 5.41) is 0. The summed E-state index contributed by atoms with van der Waals surface area (Å²) in [4.78, 5) is 13.4.